The van der Waals surface area contributed by atoms with Crippen molar-refractivity contribution in [2.45, 2.75) is 12.8 Å². The van der Waals surface area contributed by atoms with E-state index in [9.17, 15) is 4.79 Å². The first-order valence-corrected chi connectivity index (χ1v) is 9.54. The van der Waals surface area contributed by atoms with E-state index in [1.807, 2.05) is 30.3 Å². The molecule has 1 aliphatic heterocycles. The SMILES string of the molecule is O=C(CCc1ccc2c(c1)OCO2)Nc1nc2c(ccc3ccccc32)s1. The number of ether oxygens (including phenoxy) is 2. The summed E-state index contributed by atoms with van der Waals surface area (Å²) in [7, 11) is 0. The van der Waals surface area contributed by atoms with Gasteiger partial charge in [0.05, 0.1) is 10.2 Å². The van der Waals surface area contributed by atoms with Crippen LogP contribution in [0.15, 0.2) is 54.6 Å². The molecule has 0 atom stereocenters. The Labute approximate surface area is 159 Å². The number of thiazole rings is 1. The molecule has 5 rings (SSSR count). The van der Waals surface area contributed by atoms with Crippen LogP contribution in [0.3, 0.4) is 0 Å². The zero-order chi connectivity index (χ0) is 18.2. The molecule has 2 heterocycles. The van der Waals surface area contributed by atoms with Gasteiger partial charge in [0, 0.05) is 11.8 Å². The van der Waals surface area contributed by atoms with Gasteiger partial charge in [-0.2, -0.15) is 0 Å². The lowest BCUT2D eigenvalue weighted by molar-refractivity contribution is -0.116. The van der Waals surface area contributed by atoms with E-state index in [4.69, 9.17) is 9.47 Å². The standard InChI is InChI=1S/C21H16N2O3S/c24-19(10-6-13-5-8-16-17(11-13)26-12-25-16)22-21-23-20-15-4-2-1-3-14(15)7-9-18(20)27-21/h1-5,7-9,11H,6,10,12H2,(H,22,23,24). The van der Waals surface area contributed by atoms with Gasteiger partial charge in [0.1, 0.15) is 0 Å². The average Bonchev–Trinajstić information content (AvgIpc) is 3.32. The molecule has 4 aromatic rings. The molecule has 1 N–H and O–H groups in total. The Kier molecular flexibility index (Phi) is 3.90. The van der Waals surface area contributed by atoms with Crippen LogP contribution in [-0.4, -0.2) is 17.7 Å². The summed E-state index contributed by atoms with van der Waals surface area (Å²) in [5, 5.41) is 5.82. The highest BCUT2D eigenvalue weighted by Crippen LogP contribution is 2.33. The normalized spacial score (nSPS) is 12.6. The van der Waals surface area contributed by atoms with Crippen LogP contribution in [0.4, 0.5) is 5.13 Å². The van der Waals surface area contributed by atoms with Crippen molar-refractivity contribution in [2.24, 2.45) is 0 Å². The van der Waals surface area contributed by atoms with Gasteiger partial charge in [-0.05, 0) is 35.6 Å². The summed E-state index contributed by atoms with van der Waals surface area (Å²) >= 11 is 1.50. The van der Waals surface area contributed by atoms with Crippen molar-refractivity contribution in [2.75, 3.05) is 12.1 Å². The van der Waals surface area contributed by atoms with Crippen molar-refractivity contribution in [1.82, 2.24) is 4.98 Å². The summed E-state index contributed by atoms with van der Waals surface area (Å²) in [6.07, 6.45) is 1.02. The Bertz CT molecular complexity index is 1170. The van der Waals surface area contributed by atoms with Gasteiger partial charge in [-0.3, -0.25) is 4.79 Å². The number of aryl methyl sites for hydroxylation is 1. The molecule has 0 fully saturated rings. The number of nitrogens with zero attached hydrogens (tertiary/aromatic N) is 1. The van der Waals surface area contributed by atoms with E-state index in [0.29, 0.717) is 18.0 Å². The maximum absolute atomic E-state index is 12.4. The number of anilines is 1. The second kappa shape index (κ2) is 6.55. The minimum absolute atomic E-state index is 0.0453. The number of amides is 1. The highest BCUT2D eigenvalue weighted by molar-refractivity contribution is 7.22. The summed E-state index contributed by atoms with van der Waals surface area (Å²) in [5.41, 5.74) is 1.98. The molecular weight excluding hydrogens is 360 g/mol. The predicted octanol–water partition coefficient (Wildman–Crippen LogP) is 4.75. The fraction of sp³-hybridized carbons (Fsp3) is 0.143. The first kappa shape index (κ1) is 16.1. The van der Waals surface area contributed by atoms with Gasteiger partial charge in [0.25, 0.3) is 0 Å². The third-order valence-electron chi connectivity index (χ3n) is 4.61. The molecule has 1 aromatic heterocycles. The molecule has 5 nitrogen and oxygen atoms in total. The van der Waals surface area contributed by atoms with Crippen molar-refractivity contribution >= 4 is 43.4 Å². The Hall–Kier alpha value is -3.12. The molecule has 27 heavy (non-hydrogen) atoms. The van der Waals surface area contributed by atoms with Crippen molar-refractivity contribution in [3.63, 3.8) is 0 Å². The quantitative estimate of drug-likeness (QED) is 0.558. The molecule has 0 spiro atoms. The van der Waals surface area contributed by atoms with Crippen LogP contribution in [0, 0.1) is 0 Å². The van der Waals surface area contributed by atoms with E-state index < -0.39 is 0 Å². The van der Waals surface area contributed by atoms with Gasteiger partial charge >= 0.3 is 0 Å². The summed E-state index contributed by atoms with van der Waals surface area (Å²) < 4.78 is 11.8. The number of hydrogen-bond donors (Lipinski definition) is 1. The second-order valence-corrected chi connectivity index (χ2v) is 7.42. The molecule has 0 radical (unpaired) electrons. The summed E-state index contributed by atoms with van der Waals surface area (Å²) in [6, 6.07) is 18.1. The molecule has 0 aliphatic carbocycles. The van der Waals surface area contributed by atoms with Crippen molar-refractivity contribution < 1.29 is 14.3 Å². The maximum atomic E-state index is 12.4. The second-order valence-electron chi connectivity index (χ2n) is 6.39. The molecule has 3 aromatic carbocycles. The topological polar surface area (TPSA) is 60.5 Å². The lowest BCUT2D eigenvalue weighted by Gasteiger charge is -2.03. The Morgan fingerprint density at radius 2 is 1.96 bits per heavy atom. The zero-order valence-electron chi connectivity index (χ0n) is 14.4. The van der Waals surface area contributed by atoms with Crippen LogP contribution in [0.5, 0.6) is 11.5 Å². The van der Waals surface area contributed by atoms with Gasteiger partial charge < -0.3 is 14.8 Å². The van der Waals surface area contributed by atoms with Gasteiger partial charge in [0.2, 0.25) is 12.7 Å². The van der Waals surface area contributed by atoms with Crippen LogP contribution < -0.4 is 14.8 Å². The molecule has 0 saturated heterocycles. The lowest BCUT2D eigenvalue weighted by atomic mass is 10.1. The molecule has 1 amide bonds. The van der Waals surface area contributed by atoms with Gasteiger partial charge in [-0.1, -0.05) is 47.7 Å². The predicted molar refractivity (Wildman–Crippen MR) is 107 cm³/mol. The van der Waals surface area contributed by atoms with E-state index in [1.165, 1.54) is 11.3 Å². The third-order valence-corrected chi connectivity index (χ3v) is 5.54. The van der Waals surface area contributed by atoms with Crippen LogP contribution >= 0.6 is 11.3 Å². The highest BCUT2D eigenvalue weighted by Gasteiger charge is 2.14. The number of benzene rings is 3. The van der Waals surface area contributed by atoms with E-state index in [1.54, 1.807) is 0 Å². The van der Waals surface area contributed by atoms with E-state index in [-0.39, 0.29) is 12.7 Å². The van der Waals surface area contributed by atoms with E-state index >= 15 is 0 Å². The number of aromatic nitrogens is 1. The number of carbonyl (C=O) groups is 1. The number of hydrogen-bond acceptors (Lipinski definition) is 5. The highest BCUT2D eigenvalue weighted by atomic mass is 32.1. The summed E-state index contributed by atoms with van der Waals surface area (Å²) in [6.45, 7) is 0.256. The number of rotatable bonds is 4. The van der Waals surface area contributed by atoms with Gasteiger partial charge in [-0.25, -0.2) is 4.98 Å². The van der Waals surface area contributed by atoms with Crippen molar-refractivity contribution in [3.05, 3.63) is 60.2 Å². The van der Waals surface area contributed by atoms with E-state index in [2.05, 4.69) is 34.6 Å². The molecule has 6 heteroatoms. The van der Waals surface area contributed by atoms with Crippen LogP contribution in [-0.2, 0) is 11.2 Å². The summed E-state index contributed by atoms with van der Waals surface area (Å²) in [5.74, 6) is 1.45. The van der Waals surface area contributed by atoms with E-state index in [0.717, 1.165) is 38.1 Å². The number of carbonyl (C=O) groups excluding carboxylic acids is 1. The molecular formula is C21H16N2O3S. The molecule has 134 valence electrons. The summed E-state index contributed by atoms with van der Waals surface area (Å²) in [4.78, 5) is 17.0. The van der Waals surface area contributed by atoms with Gasteiger partial charge in [-0.15, -0.1) is 0 Å². The number of fused-ring (bicyclic) bond motifs is 4. The molecule has 0 bridgehead atoms. The van der Waals surface area contributed by atoms with Crippen LogP contribution in [0.2, 0.25) is 0 Å². The molecule has 1 aliphatic rings. The Morgan fingerprint density at radius 3 is 2.93 bits per heavy atom. The van der Waals surface area contributed by atoms with Crippen molar-refractivity contribution in [3.8, 4) is 11.5 Å². The molecule has 0 unspecified atom stereocenters. The number of nitrogens with one attached hydrogen (secondary N) is 1. The Morgan fingerprint density at radius 1 is 1.07 bits per heavy atom. The van der Waals surface area contributed by atoms with Gasteiger partial charge in [0.15, 0.2) is 16.6 Å². The third kappa shape index (κ3) is 3.08. The minimum Gasteiger partial charge on any atom is -0.454 e. The fourth-order valence-electron chi connectivity index (χ4n) is 3.25. The maximum Gasteiger partial charge on any atom is 0.231 e. The average molecular weight is 376 g/mol. The lowest BCUT2D eigenvalue weighted by Crippen LogP contribution is -2.12. The first-order chi connectivity index (χ1) is 13.3. The van der Waals surface area contributed by atoms with Crippen molar-refractivity contribution in [1.29, 1.82) is 0 Å². The molecule has 0 saturated carbocycles. The minimum atomic E-state index is -0.0453. The zero-order valence-corrected chi connectivity index (χ0v) is 15.2. The van der Waals surface area contributed by atoms with Crippen LogP contribution in [0.25, 0.3) is 21.0 Å². The largest absolute Gasteiger partial charge is 0.454 e. The smallest absolute Gasteiger partial charge is 0.231 e. The monoisotopic (exact) mass is 376 g/mol. The Balaban J connectivity index is 1.30. The fourth-order valence-corrected chi connectivity index (χ4v) is 4.15. The van der Waals surface area contributed by atoms with Crippen LogP contribution in [0.1, 0.15) is 12.0 Å². The first-order valence-electron chi connectivity index (χ1n) is 8.73.